The van der Waals surface area contributed by atoms with Crippen LogP contribution in [-0.4, -0.2) is 46.4 Å². The summed E-state index contributed by atoms with van der Waals surface area (Å²) in [6.07, 6.45) is 8.63. The number of methoxy groups -OCH3 is 2. The Balaban J connectivity index is 1.44. The summed E-state index contributed by atoms with van der Waals surface area (Å²) in [5.74, 6) is 0.782. The number of rotatable bonds is 10. The summed E-state index contributed by atoms with van der Waals surface area (Å²) in [7, 11) is 3.30. The van der Waals surface area contributed by atoms with E-state index in [0.717, 1.165) is 93.6 Å². The van der Waals surface area contributed by atoms with Crippen LogP contribution in [0.5, 0.6) is 11.5 Å². The molecule has 3 aliphatic rings. The van der Waals surface area contributed by atoms with E-state index in [1.165, 1.54) is 25.7 Å². The molecule has 2 saturated heterocycles. The number of aryl methyl sites for hydroxylation is 2. The monoisotopic (exact) mass is 852 g/mol. The Morgan fingerprint density at radius 1 is 0.603 bits per heavy atom. The van der Waals surface area contributed by atoms with Gasteiger partial charge in [0.15, 0.2) is 5.60 Å². The maximum atomic E-state index is 14.3. The number of carbonyl (C=O) groups excluding carboxylic acids is 1. The Hall–Kier alpha value is -4.59. The molecule has 0 aliphatic carbocycles. The van der Waals surface area contributed by atoms with E-state index in [1.54, 1.807) is 14.2 Å². The standard InChI is InChI=1S/C48H44Cl4N2O4/c1-29-25-35(56-3)17-19-37(29)39(31-9-13-33(14-10-31)53-21-5-6-22-53)27-48(42-41(47(55)58-48)43(49)45(51)46(52)44(42)50)28-40(38-20-18-36(57-4)26-30(38)2)32-11-15-34(16-12-32)54-23-7-8-24-54/h9-20,25-28H,5-8,21-24H2,1-4H3. The van der Waals surface area contributed by atoms with Crippen molar-refractivity contribution >= 4 is 74.9 Å². The first-order valence-corrected chi connectivity index (χ1v) is 21.1. The van der Waals surface area contributed by atoms with Crippen LogP contribution in [0.25, 0.3) is 11.1 Å². The highest BCUT2D eigenvalue weighted by atomic mass is 35.5. The third kappa shape index (κ3) is 7.45. The minimum Gasteiger partial charge on any atom is -0.497 e. The van der Waals surface area contributed by atoms with E-state index in [9.17, 15) is 4.79 Å². The Morgan fingerprint density at radius 2 is 1.02 bits per heavy atom. The third-order valence-electron chi connectivity index (χ3n) is 11.6. The number of halogens is 4. The minimum absolute atomic E-state index is 0.0137. The van der Waals surface area contributed by atoms with E-state index in [-0.39, 0.29) is 25.7 Å². The van der Waals surface area contributed by atoms with Crippen LogP contribution >= 0.6 is 46.4 Å². The van der Waals surface area contributed by atoms with Crippen molar-refractivity contribution in [3.8, 4) is 11.5 Å². The van der Waals surface area contributed by atoms with Gasteiger partial charge in [0.05, 0.1) is 39.9 Å². The molecule has 5 aromatic carbocycles. The number of anilines is 2. The molecule has 3 heterocycles. The van der Waals surface area contributed by atoms with Gasteiger partial charge in [-0.1, -0.05) is 82.8 Å². The molecule has 0 atom stereocenters. The van der Waals surface area contributed by atoms with Gasteiger partial charge in [0, 0.05) is 43.1 Å². The van der Waals surface area contributed by atoms with Crippen molar-refractivity contribution in [3.63, 3.8) is 0 Å². The summed E-state index contributed by atoms with van der Waals surface area (Å²) in [5, 5.41) is 0.0786. The molecule has 0 saturated carbocycles. The summed E-state index contributed by atoms with van der Waals surface area (Å²) in [5.41, 5.74) is 8.23. The highest BCUT2D eigenvalue weighted by Gasteiger charge is 2.48. The lowest BCUT2D eigenvalue weighted by atomic mass is 9.82. The molecule has 3 aliphatic heterocycles. The first-order valence-electron chi connectivity index (χ1n) is 19.6. The van der Waals surface area contributed by atoms with Crippen LogP contribution in [0, 0.1) is 13.8 Å². The zero-order valence-corrected chi connectivity index (χ0v) is 36.0. The molecule has 2 fully saturated rings. The second-order valence-corrected chi connectivity index (χ2v) is 16.7. The number of benzene rings is 5. The summed E-state index contributed by atoms with van der Waals surface area (Å²) in [4.78, 5) is 19.1. The molecular formula is C48H44Cl4N2O4. The van der Waals surface area contributed by atoms with Gasteiger partial charge in [-0.3, -0.25) is 0 Å². The summed E-state index contributed by atoms with van der Waals surface area (Å²) in [6.45, 7) is 8.17. The second kappa shape index (κ2) is 16.6. The van der Waals surface area contributed by atoms with Gasteiger partial charge in [-0.05, 0) is 145 Å². The molecule has 0 bridgehead atoms. The van der Waals surface area contributed by atoms with Gasteiger partial charge >= 0.3 is 5.97 Å². The molecule has 5 aromatic rings. The Morgan fingerprint density at radius 3 is 1.41 bits per heavy atom. The zero-order chi connectivity index (χ0) is 40.7. The van der Waals surface area contributed by atoms with E-state index >= 15 is 0 Å². The zero-order valence-electron chi connectivity index (χ0n) is 32.9. The molecule has 0 radical (unpaired) electrons. The normalized spacial score (nSPS) is 18.2. The third-order valence-corrected chi connectivity index (χ3v) is 13.4. The van der Waals surface area contributed by atoms with E-state index in [1.807, 2.05) is 62.4 Å². The highest BCUT2D eigenvalue weighted by molar-refractivity contribution is 6.53. The first-order chi connectivity index (χ1) is 28.0. The maximum absolute atomic E-state index is 14.3. The van der Waals surface area contributed by atoms with E-state index in [4.69, 9.17) is 60.6 Å². The molecular weight excluding hydrogens is 810 g/mol. The van der Waals surface area contributed by atoms with Gasteiger partial charge in [0.25, 0.3) is 0 Å². The fraction of sp³-hybridized carbons (Fsp3) is 0.271. The molecule has 8 rings (SSSR count). The first kappa shape index (κ1) is 40.2. The molecule has 6 nitrogen and oxygen atoms in total. The Kier molecular flexibility index (Phi) is 11.5. The van der Waals surface area contributed by atoms with Crippen molar-refractivity contribution in [1.29, 1.82) is 0 Å². The Bertz CT molecular complexity index is 2320. The van der Waals surface area contributed by atoms with Crippen LogP contribution < -0.4 is 19.3 Å². The van der Waals surface area contributed by atoms with E-state index in [0.29, 0.717) is 5.56 Å². The number of carbonyl (C=O) groups is 1. The van der Waals surface area contributed by atoms with Gasteiger partial charge in [0.1, 0.15) is 11.5 Å². The van der Waals surface area contributed by atoms with E-state index < -0.39 is 11.6 Å². The summed E-state index contributed by atoms with van der Waals surface area (Å²) < 4.78 is 17.9. The second-order valence-electron chi connectivity index (χ2n) is 15.1. The largest absolute Gasteiger partial charge is 0.497 e. The van der Waals surface area contributed by atoms with Crippen molar-refractivity contribution < 1.29 is 19.0 Å². The molecule has 0 amide bonds. The topological polar surface area (TPSA) is 51.2 Å². The van der Waals surface area contributed by atoms with Gasteiger partial charge in [-0.2, -0.15) is 0 Å². The number of hydrogen-bond acceptors (Lipinski definition) is 6. The van der Waals surface area contributed by atoms with E-state index in [2.05, 4.69) is 58.3 Å². The van der Waals surface area contributed by atoms with Crippen LogP contribution in [0.3, 0.4) is 0 Å². The van der Waals surface area contributed by atoms with Crippen LogP contribution in [0.4, 0.5) is 11.4 Å². The molecule has 10 heteroatoms. The number of nitrogens with zero attached hydrogens (tertiary/aromatic N) is 2. The summed E-state index contributed by atoms with van der Waals surface area (Å²) in [6, 6.07) is 29.0. The molecule has 58 heavy (non-hydrogen) atoms. The number of ether oxygens (including phenoxy) is 3. The molecule has 0 N–H and O–H groups in total. The van der Waals surface area contributed by atoms with Crippen molar-refractivity contribution in [2.45, 2.75) is 45.1 Å². The number of fused-ring (bicyclic) bond motifs is 1. The van der Waals surface area contributed by atoms with Gasteiger partial charge in [-0.15, -0.1) is 0 Å². The minimum atomic E-state index is -1.63. The smallest absolute Gasteiger partial charge is 0.341 e. The van der Waals surface area contributed by atoms with Gasteiger partial charge in [0.2, 0.25) is 0 Å². The fourth-order valence-electron chi connectivity index (χ4n) is 8.54. The van der Waals surface area contributed by atoms with Crippen LogP contribution in [0.15, 0.2) is 97.1 Å². The number of hydrogen-bond donors (Lipinski definition) is 0. The van der Waals surface area contributed by atoms with Crippen LogP contribution in [0.1, 0.15) is 75.0 Å². The van der Waals surface area contributed by atoms with Gasteiger partial charge in [-0.25, -0.2) is 4.79 Å². The molecule has 0 unspecified atom stereocenters. The van der Waals surface area contributed by atoms with Crippen LogP contribution in [0.2, 0.25) is 20.1 Å². The maximum Gasteiger partial charge on any atom is 0.341 e. The lowest BCUT2D eigenvalue weighted by Crippen LogP contribution is -2.23. The number of cyclic esters (lactones) is 1. The SMILES string of the molecule is COc1ccc(C(=CC2(C=C(c3ccc(N4CCCC4)cc3)c3ccc(OC)cc3C)OC(=O)c3c(Cl)c(Cl)c(Cl)c(Cl)c32)c2ccc(N3CCCC3)cc2)c(C)c1. The Labute approximate surface area is 360 Å². The van der Waals surface area contributed by atoms with Gasteiger partial charge < -0.3 is 24.0 Å². The molecule has 0 aromatic heterocycles. The number of esters is 1. The van der Waals surface area contributed by atoms with Crippen molar-refractivity contribution in [3.05, 3.63) is 162 Å². The average Bonchev–Trinajstić information content (AvgIpc) is 4.03. The molecule has 0 spiro atoms. The predicted molar refractivity (Wildman–Crippen MR) is 239 cm³/mol. The lowest BCUT2D eigenvalue weighted by Gasteiger charge is -2.28. The fourth-order valence-corrected chi connectivity index (χ4v) is 9.62. The molecule has 298 valence electrons. The van der Waals surface area contributed by atoms with Crippen molar-refractivity contribution in [2.75, 3.05) is 50.2 Å². The lowest BCUT2D eigenvalue weighted by molar-refractivity contribution is 0.0300. The highest BCUT2D eigenvalue weighted by Crippen LogP contribution is 2.54. The summed E-state index contributed by atoms with van der Waals surface area (Å²) >= 11 is 27.6. The quantitative estimate of drug-likeness (QED) is 0.0792. The predicted octanol–water partition coefficient (Wildman–Crippen LogP) is 12.8. The average molecular weight is 855 g/mol. The van der Waals surface area contributed by atoms with Crippen molar-refractivity contribution in [2.24, 2.45) is 0 Å². The van der Waals surface area contributed by atoms with Crippen molar-refractivity contribution in [1.82, 2.24) is 0 Å². The van der Waals surface area contributed by atoms with Crippen LogP contribution in [-0.2, 0) is 10.3 Å².